The largest absolute Gasteiger partial charge is 0.255 e. The zero-order valence-corrected chi connectivity index (χ0v) is 4.72. The molecule has 1 aliphatic rings. The van der Waals surface area contributed by atoms with Gasteiger partial charge in [0.25, 0.3) is 0 Å². The smallest absolute Gasteiger partial charge is 0.188 e. The average molecular weight is 132 g/mol. The highest BCUT2D eigenvalue weighted by Gasteiger charge is 2.25. The standard InChI is InChI=1S/C5H6F2N2/c6-1-4-5(2-7)9-3-8-4/h4-5H,1-2H2. The van der Waals surface area contributed by atoms with Gasteiger partial charge in [0, 0.05) is 0 Å². The van der Waals surface area contributed by atoms with Gasteiger partial charge in [-0.1, -0.05) is 0 Å². The number of hydrogen-bond acceptors (Lipinski definition) is 1. The molecule has 1 rings (SSSR count). The molecule has 2 nitrogen and oxygen atoms in total. The lowest BCUT2D eigenvalue weighted by Gasteiger charge is -2.07. The quantitative estimate of drug-likeness (QED) is 0.512. The maximum atomic E-state index is 11.8. The highest BCUT2D eigenvalue weighted by atomic mass is 19.1. The zero-order valence-electron chi connectivity index (χ0n) is 4.72. The Morgan fingerprint density at radius 1 is 1.22 bits per heavy atom. The summed E-state index contributed by atoms with van der Waals surface area (Å²) in [6.45, 7) is -1.30. The minimum absolute atomic E-state index is 0.616. The topological polar surface area (TPSA) is 26.5 Å². The second kappa shape index (κ2) is 2.75. The van der Waals surface area contributed by atoms with Gasteiger partial charge in [-0.05, 0) is 0 Å². The first-order valence-corrected chi connectivity index (χ1v) is 2.65. The van der Waals surface area contributed by atoms with Crippen molar-refractivity contribution in [1.82, 2.24) is 5.32 Å². The molecular weight excluding hydrogens is 126 g/mol. The van der Waals surface area contributed by atoms with Gasteiger partial charge in [-0.3, -0.25) is 10.3 Å². The highest BCUT2D eigenvalue weighted by molar-refractivity contribution is 5.57. The summed E-state index contributed by atoms with van der Waals surface area (Å²) in [5.74, 6) is 0. The van der Waals surface area contributed by atoms with Crippen LogP contribution in [0.4, 0.5) is 8.78 Å². The molecule has 0 N–H and O–H groups in total. The molecule has 0 aromatic carbocycles. The number of aliphatic imine (C=N–C) groups is 1. The molecule has 9 heavy (non-hydrogen) atoms. The Kier molecular flexibility index (Phi) is 1.97. The first kappa shape index (κ1) is 6.45. The lowest BCUT2D eigenvalue weighted by Crippen LogP contribution is -2.30. The third kappa shape index (κ3) is 1.17. The Balaban J connectivity index is 2.39. The van der Waals surface area contributed by atoms with Crippen LogP contribution in [0, 0.1) is 0 Å². The molecule has 0 spiro atoms. The normalized spacial score (nSPS) is 32.7. The van der Waals surface area contributed by atoms with Crippen LogP contribution in [0.25, 0.3) is 0 Å². The Hall–Kier alpha value is -0.670. The third-order valence-corrected chi connectivity index (χ3v) is 1.21. The minimum Gasteiger partial charge on any atom is -0.255 e. The lowest BCUT2D eigenvalue weighted by molar-refractivity contribution is 0.330. The van der Waals surface area contributed by atoms with Gasteiger partial charge in [-0.25, -0.2) is 8.78 Å². The molecule has 0 fully saturated rings. The molecule has 0 aromatic heterocycles. The Labute approximate surface area is 52.0 Å². The van der Waals surface area contributed by atoms with Crippen molar-refractivity contribution in [3.63, 3.8) is 0 Å². The van der Waals surface area contributed by atoms with E-state index in [0.717, 1.165) is 0 Å². The SMILES string of the molecule is FCC1[N][C]=NC1CF. The van der Waals surface area contributed by atoms with Crippen LogP contribution < -0.4 is 5.32 Å². The van der Waals surface area contributed by atoms with E-state index in [1.165, 1.54) is 0 Å². The van der Waals surface area contributed by atoms with Crippen molar-refractivity contribution in [3.8, 4) is 0 Å². The maximum absolute atomic E-state index is 11.8. The van der Waals surface area contributed by atoms with E-state index < -0.39 is 25.4 Å². The van der Waals surface area contributed by atoms with E-state index in [1.54, 1.807) is 0 Å². The fraction of sp³-hybridized carbons (Fsp3) is 0.800. The molecule has 0 aromatic rings. The van der Waals surface area contributed by atoms with E-state index in [9.17, 15) is 8.78 Å². The Morgan fingerprint density at radius 2 is 1.89 bits per heavy atom. The fourth-order valence-corrected chi connectivity index (χ4v) is 0.628. The van der Waals surface area contributed by atoms with Crippen molar-refractivity contribution >= 4 is 6.34 Å². The molecule has 2 atom stereocenters. The van der Waals surface area contributed by atoms with Crippen molar-refractivity contribution in [2.24, 2.45) is 4.99 Å². The van der Waals surface area contributed by atoms with Crippen molar-refractivity contribution in [1.29, 1.82) is 0 Å². The van der Waals surface area contributed by atoms with Gasteiger partial charge in [0.1, 0.15) is 25.4 Å². The van der Waals surface area contributed by atoms with Crippen LogP contribution in [0.1, 0.15) is 0 Å². The molecule has 2 radical (unpaired) electrons. The second-order valence-corrected chi connectivity index (χ2v) is 1.80. The van der Waals surface area contributed by atoms with Crippen LogP contribution in [-0.4, -0.2) is 31.8 Å². The first-order valence-electron chi connectivity index (χ1n) is 2.65. The first-order chi connectivity index (χ1) is 4.38. The second-order valence-electron chi connectivity index (χ2n) is 1.80. The molecule has 0 amide bonds. The molecule has 0 bridgehead atoms. The van der Waals surface area contributed by atoms with Gasteiger partial charge in [0.2, 0.25) is 0 Å². The van der Waals surface area contributed by atoms with Crippen molar-refractivity contribution in [2.45, 2.75) is 12.1 Å². The molecule has 1 aliphatic heterocycles. The van der Waals surface area contributed by atoms with Gasteiger partial charge in [0.05, 0.1) is 0 Å². The van der Waals surface area contributed by atoms with Crippen molar-refractivity contribution in [3.05, 3.63) is 0 Å². The Bertz CT molecular complexity index is 116. The summed E-state index contributed by atoms with van der Waals surface area (Å²) < 4.78 is 23.5. The number of alkyl halides is 2. The van der Waals surface area contributed by atoms with Crippen LogP contribution in [0.15, 0.2) is 4.99 Å². The van der Waals surface area contributed by atoms with Gasteiger partial charge in [0.15, 0.2) is 6.34 Å². The molecule has 1 heterocycles. The fourth-order valence-electron chi connectivity index (χ4n) is 0.628. The number of halogens is 2. The Morgan fingerprint density at radius 3 is 2.33 bits per heavy atom. The van der Waals surface area contributed by atoms with Crippen molar-refractivity contribution < 1.29 is 8.78 Å². The van der Waals surface area contributed by atoms with Gasteiger partial charge in [-0.15, -0.1) is 0 Å². The van der Waals surface area contributed by atoms with Crippen molar-refractivity contribution in [2.75, 3.05) is 13.3 Å². The molecule has 50 valence electrons. The summed E-state index contributed by atoms with van der Waals surface area (Å²) >= 11 is 0. The summed E-state index contributed by atoms with van der Waals surface area (Å²) in [6, 6.07) is -1.23. The molecular formula is C5H6F2N2. The van der Waals surface area contributed by atoms with E-state index in [4.69, 9.17) is 0 Å². The monoisotopic (exact) mass is 132 g/mol. The average Bonchev–Trinajstić information content (AvgIpc) is 2.33. The molecule has 2 unspecified atom stereocenters. The number of rotatable bonds is 2. The predicted octanol–water partition coefficient (Wildman–Crippen LogP) is 0.186. The third-order valence-electron chi connectivity index (χ3n) is 1.21. The van der Waals surface area contributed by atoms with Gasteiger partial charge < -0.3 is 0 Å². The summed E-state index contributed by atoms with van der Waals surface area (Å²) in [5, 5.41) is 3.47. The molecule has 0 saturated carbocycles. The minimum atomic E-state index is -0.648. The van der Waals surface area contributed by atoms with Crippen LogP contribution in [-0.2, 0) is 0 Å². The van der Waals surface area contributed by atoms with Gasteiger partial charge in [-0.2, -0.15) is 0 Å². The summed E-state index contributed by atoms with van der Waals surface area (Å²) in [4.78, 5) is 3.47. The lowest BCUT2D eigenvalue weighted by atomic mass is 10.2. The van der Waals surface area contributed by atoms with E-state index in [-0.39, 0.29) is 0 Å². The molecule has 0 saturated heterocycles. The predicted molar refractivity (Wildman–Crippen MR) is 29.1 cm³/mol. The number of hydrogen-bond donors (Lipinski definition) is 0. The van der Waals surface area contributed by atoms with Crippen LogP contribution in [0.3, 0.4) is 0 Å². The van der Waals surface area contributed by atoms with Crippen LogP contribution >= 0.6 is 0 Å². The summed E-state index contributed by atoms with van der Waals surface area (Å²) in [7, 11) is 0. The van der Waals surface area contributed by atoms with Gasteiger partial charge >= 0.3 is 0 Å². The van der Waals surface area contributed by atoms with E-state index in [0.29, 0.717) is 0 Å². The maximum Gasteiger partial charge on any atom is 0.188 e. The highest BCUT2D eigenvalue weighted by Crippen LogP contribution is 2.06. The van der Waals surface area contributed by atoms with E-state index >= 15 is 0 Å². The van der Waals surface area contributed by atoms with E-state index in [1.807, 2.05) is 0 Å². The number of nitrogens with zero attached hydrogens (tertiary/aromatic N) is 2. The molecule has 4 heteroatoms. The molecule has 0 aliphatic carbocycles. The zero-order chi connectivity index (χ0) is 6.69. The van der Waals surface area contributed by atoms with Crippen LogP contribution in [0.2, 0.25) is 0 Å². The van der Waals surface area contributed by atoms with Crippen LogP contribution in [0.5, 0.6) is 0 Å². The summed E-state index contributed by atoms with van der Waals surface area (Å²) in [6.07, 6.45) is 2.19. The summed E-state index contributed by atoms with van der Waals surface area (Å²) in [5.41, 5.74) is 0. The van der Waals surface area contributed by atoms with E-state index in [2.05, 4.69) is 16.6 Å².